The second-order valence-electron chi connectivity index (χ2n) is 4.81. The molecular formula is C13H14BrNO2. The molecule has 90 valence electrons. The predicted octanol–water partition coefficient (Wildman–Crippen LogP) is 2.67. The van der Waals surface area contributed by atoms with E-state index in [4.69, 9.17) is 0 Å². The van der Waals surface area contributed by atoms with Crippen LogP contribution in [0, 0.1) is 5.92 Å². The first kappa shape index (κ1) is 11.1. The number of rotatable bonds is 1. The van der Waals surface area contributed by atoms with Crippen molar-refractivity contribution < 1.29 is 9.90 Å². The van der Waals surface area contributed by atoms with Crippen LogP contribution in [0.2, 0.25) is 0 Å². The maximum Gasteiger partial charge on any atom is 0.308 e. The summed E-state index contributed by atoms with van der Waals surface area (Å²) < 4.78 is 1.10. The lowest BCUT2D eigenvalue weighted by Gasteiger charge is -2.35. The van der Waals surface area contributed by atoms with Crippen LogP contribution in [-0.2, 0) is 11.2 Å². The summed E-state index contributed by atoms with van der Waals surface area (Å²) in [6.07, 6.45) is 2.72. The van der Waals surface area contributed by atoms with Crippen molar-refractivity contribution in [2.75, 3.05) is 11.4 Å². The summed E-state index contributed by atoms with van der Waals surface area (Å²) in [5.74, 6) is -0.829. The van der Waals surface area contributed by atoms with E-state index in [1.54, 1.807) is 0 Å². The Balaban J connectivity index is 1.96. The van der Waals surface area contributed by atoms with Crippen molar-refractivity contribution in [1.29, 1.82) is 0 Å². The van der Waals surface area contributed by atoms with E-state index < -0.39 is 5.97 Å². The molecule has 2 heterocycles. The highest BCUT2D eigenvalue weighted by atomic mass is 79.9. The van der Waals surface area contributed by atoms with Gasteiger partial charge in [0.1, 0.15) is 0 Å². The molecule has 1 fully saturated rings. The molecule has 2 unspecified atom stereocenters. The van der Waals surface area contributed by atoms with Crippen molar-refractivity contribution in [3.63, 3.8) is 0 Å². The van der Waals surface area contributed by atoms with E-state index in [0.717, 1.165) is 30.3 Å². The Morgan fingerprint density at radius 2 is 2.24 bits per heavy atom. The number of nitrogens with zero attached hydrogens (tertiary/aromatic N) is 1. The van der Waals surface area contributed by atoms with Gasteiger partial charge in [-0.25, -0.2) is 0 Å². The highest BCUT2D eigenvalue weighted by Crippen LogP contribution is 2.39. The number of carbonyl (C=O) groups is 1. The van der Waals surface area contributed by atoms with Crippen LogP contribution in [-0.4, -0.2) is 23.7 Å². The number of hydrogen-bond acceptors (Lipinski definition) is 2. The Hall–Kier alpha value is -1.03. The van der Waals surface area contributed by atoms with Gasteiger partial charge >= 0.3 is 5.97 Å². The first-order valence-electron chi connectivity index (χ1n) is 5.94. The number of carboxylic acid groups (broad SMARTS) is 1. The minimum atomic E-state index is -0.641. The van der Waals surface area contributed by atoms with Crippen LogP contribution in [0.4, 0.5) is 5.69 Å². The van der Waals surface area contributed by atoms with E-state index in [9.17, 15) is 9.90 Å². The quantitative estimate of drug-likeness (QED) is 0.866. The van der Waals surface area contributed by atoms with Crippen molar-refractivity contribution in [1.82, 2.24) is 0 Å². The molecule has 0 amide bonds. The van der Waals surface area contributed by atoms with Crippen LogP contribution in [0.3, 0.4) is 0 Å². The summed E-state index contributed by atoms with van der Waals surface area (Å²) in [4.78, 5) is 13.5. The summed E-state index contributed by atoms with van der Waals surface area (Å²) in [5, 5.41) is 9.21. The molecule has 0 radical (unpaired) electrons. The largest absolute Gasteiger partial charge is 0.481 e. The standard InChI is InChI=1S/C13H14BrNO2/c14-9-2-4-11-8(7-9)1-3-12-10(13(16)17)5-6-15(11)12/h2,4,7,10,12H,1,3,5-6H2,(H,16,17). The normalized spacial score (nSPS) is 26.5. The van der Waals surface area contributed by atoms with Crippen molar-refractivity contribution in [2.45, 2.75) is 25.3 Å². The van der Waals surface area contributed by atoms with E-state index in [-0.39, 0.29) is 12.0 Å². The SMILES string of the molecule is O=C(O)C1CCN2c3ccc(Br)cc3CCC12. The van der Waals surface area contributed by atoms with E-state index in [0.29, 0.717) is 0 Å². The molecule has 1 aromatic carbocycles. The third-order valence-corrected chi connectivity index (χ3v) is 4.42. The molecule has 3 rings (SSSR count). The molecule has 2 aliphatic rings. The predicted molar refractivity (Wildman–Crippen MR) is 69.3 cm³/mol. The van der Waals surface area contributed by atoms with Crippen LogP contribution >= 0.6 is 15.9 Å². The maximum absolute atomic E-state index is 11.2. The second kappa shape index (κ2) is 4.02. The van der Waals surface area contributed by atoms with Gasteiger partial charge in [-0.2, -0.15) is 0 Å². The van der Waals surface area contributed by atoms with Crippen molar-refractivity contribution >= 4 is 27.6 Å². The van der Waals surface area contributed by atoms with Gasteiger partial charge in [0.15, 0.2) is 0 Å². The summed E-state index contributed by atoms with van der Waals surface area (Å²) >= 11 is 3.49. The Morgan fingerprint density at radius 1 is 1.41 bits per heavy atom. The lowest BCUT2D eigenvalue weighted by atomic mass is 9.90. The molecule has 1 N–H and O–H groups in total. The van der Waals surface area contributed by atoms with Crippen LogP contribution in [0.15, 0.2) is 22.7 Å². The molecule has 1 aromatic rings. The molecule has 0 aliphatic carbocycles. The van der Waals surface area contributed by atoms with Gasteiger partial charge in [-0.15, -0.1) is 0 Å². The number of anilines is 1. The minimum Gasteiger partial charge on any atom is -0.481 e. The number of benzene rings is 1. The number of hydrogen-bond donors (Lipinski definition) is 1. The first-order valence-corrected chi connectivity index (χ1v) is 6.74. The van der Waals surface area contributed by atoms with Crippen LogP contribution in [0.25, 0.3) is 0 Å². The topological polar surface area (TPSA) is 40.5 Å². The number of halogens is 1. The molecule has 0 spiro atoms. The van der Waals surface area contributed by atoms with Gasteiger partial charge < -0.3 is 10.0 Å². The smallest absolute Gasteiger partial charge is 0.308 e. The Bertz CT molecular complexity index is 474. The van der Waals surface area contributed by atoms with E-state index in [1.165, 1.54) is 11.3 Å². The Kier molecular flexibility index (Phi) is 2.62. The second-order valence-corrected chi connectivity index (χ2v) is 5.72. The molecular weight excluding hydrogens is 282 g/mol. The van der Waals surface area contributed by atoms with Gasteiger partial charge in [0.2, 0.25) is 0 Å². The maximum atomic E-state index is 11.2. The Labute approximate surface area is 109 Å². The zero-order valence-corrected chi connectivity index (χ0v) is 11.0. The zero-order chi connectivity index (χ0) is 12.0. The Morgan fingerprint density at radius 3 is 3.00 bits per heavy atom. The van der Waals surface area contributed by atoms with Gasteiger partial charge in [0.05, 0.1) is 5.92 Å². The molecule has 0 saturated carbocycles. The fourth-order valence-corrected chi connectivity index (χ4v) is 3.54. The van der Waals surface area contributed by atoms with E-state index >= 15 is 0 Å². The fraction of sp³-hybridized carbons (Fsp3) is 0.462. The average molecular weight is 296 g/mol. The van der Waals surface area contributed by atoms with Gasteiger partial charge in [-0.05, 0) is 43.0 Å². The third kappa shape index (κ3) is 1.75. The van der Waals surface area contributed by atoms with Gasteiger partial charge in [0, 0.05) is 22.7 Å². The molecule has 1 saturated heterocycles. The van der Waals surface area contributed by atoms with Crippen LogP contribution < -0.4 is 4.90 Å². The van der Waals surface area contributed by atoms with E-state index in [1.807, 2.05) is 6.07 Å². The van der Waals surface area contributed by atoms with Crippen molar-refractivity contribution in [3.8, 4) is 0 Å². The van der Waals surface area contributed by atoms with Crippen LogP contribution in [0.1, 0.15) is 18.4 Å². The lowest BCUT2D eigenvalue weighted by Crippen LogP contribution is -2.39. The summed E-state index contributed by atoms with van der Waals surface area (Å²) in [6.45, 7) is 0.871. The summed E-state index contributed by atoms with van der Waals surface area (Å²) in [5.41, 5.74) is 2.56. The summed E-state index contributed by atoms with van der Waals surface area (Å²) in [7, 11) is 0. The lowest BCUT2D eigenvalue weighted by molar-refractivity contribution is -0.141. The highest BCUT2D eigenvalue weighted by Gasteiger charge is 2.41. The molecule has 4 heteroatoms. The molecule has 0 bridgehead atoms. The van der Waals surface area contributed by atoms with Crippen molar-refractivity contribution in [2.24, 2.45) is 5.92 Å². The highest BCUT2D eigenvalue weighted by molar-refractivity contribution is 9.10. The first-order chi connectivity index (χ1) is 8.16. The van der Waals surface area contributed by atoms with Crippen LogP contribution in [0.5, 0.6) is 0 Å². The van der Waals surface area contributed by atoms with Crippen molar-refractivity contribution in [3.05, 3.63) is 28.2 Å². The van der Waals surface area contributed by atoms with Gasteiger partial charge in [-0.3, -0.25) is 4.79 Å². The molecule has 2 aliphatic heterocycles. The number of carboxylic acids is 1. The van der Waals surface area contributed by atoms with E-state index in [2.05, 4.69) is 33.0 Å². The van der Waals surface area contributed by atoms with Gasteiger partial charge in [-0.1, -0.05) is 15.9 Å². The zero-order valence-electron chi connectivity index (χ0n) is 9.40. The summed E-state index contributed by atoms with van der Waals surface area (Å²) in [6, 6.07) is 6.49. The molecule has 17 heavy (non-hydrogen) atoms. The third-order valence-electron chi connectivity index (χ3n) is 3.92. The number of aryl methyl sites for hydroxylation is 1. The molecule has 0 aromatic heterocycles. The number of fused-ring (bicyclic) bond motifs is 3. The van der Waals surface area contributed by atoms with Gasteiger partial charge in [0.25, 0.3) is 0 Å². The monoisotopic (exact) mass is 295 g/mol. The minimum absolute atomic E-state index is 0.188. The molecule has 3 nitrogen and oxygen atoms in total. The number of aliphatic carboxylic acids is 1. The fourth-order valence-electron chi connectivity index (χ4n) is 3.14. The average Bonchev–Trinajstić information content (AvgIpc) is 2.72. The molecule has 2 atom stereocenters.